The van der Waals surface area contributed by atoms with Crippen LogP contribution in [0.2, 0.25) is 0 Å². The van der Waals surface area contributed by atoms with Gasteiger partial charge in [0.15, 0.2) is 0 Å². The molecule has 0 unspecified atom stereocenters. The fraction of sp³-hybridized carbons (Fsp3) is 0.585. The largest absolute Gasteiger partial charge is 0.394 e. The number of aromatic amines is 1. The first-order valence-electron chi connectivity index (χ1n) is 21.3. The van der Waals surface area contributed by atoms with Crippen LogP contribution in [0.5, 0.6) is 0 Å². The monoisotopic (exact) mass is 912 g/mol. The average molecular weight is 913 g/mol. The highest BCUT2D eigenvalue weighted by Gasteiger charge is 2.53. The molecule has 1 aromatic heterocycles. The van der Waals surface area contributed by atoms with E-state index in [1.807, 2.05) is 0 Å². The van der Waals surface area contributed by atoms with Crippen molar-refractivity contribution in [2.24, 2.45) is 17.6 Å². The van der Waals surface area contributed by atoms with E-state index in [1.165, 1.54) is 6.92 Å². The maximum absolute atomic E-state index is 14.4. The van der Waals surface area contributed by atoms with Crippen LogP contribution in [0.25, 0.3) is 10.9 Å². The molecule has 0 radical (unpaired) electrons. The number of rotatable bonds is 7. The summed E-state index contributed by atoms with van der Waals surface area (Å²) in [4.78, 5) is 130. The van der Waals surface area contributed by atoms with Gasteiger partial charge >= 0.3 is 0 Å². The Balaban J connectivity index is 1.52. The lowest BCUT2D eigenvalue weighted by atomic mass is 9.93. The van der Waals surface area contributed by atoms with Crippen molar-refractivity contribution in [1.82, 2.24) is 47.1 Å². The highest BCUT2D eigenvalue weighted by atomic mass is 32.2. The van der Waals surface area contributed by atoms with Crippen LogP contribution in [-0.2, 0) is 49.6 Å². The fourth-order valence-electron chi connectivity index (χ4n) is 8.14. The van der Waals surface area contributed by atoms with Gasteiger partial charge in [-0.1, -0.05) is 45.4 Å². The number of hydrogen-bond donors (Lipinski definition) is 12. The zero-order valence-corrected chi connectivity index (χ0v) is 36.4. The molecule has 1 saturated heterocycles. The number of carbonyl (C=O) groups is 9. The number of primary amides is 1. The van der Waals surface area contributed by atoms with E-state index in [0.29, 0.717) is 27.9 Å². The number of aliphatic hydroxyl groups is 3. The van der Waals surface area contributed by atoms with Crippen molar-refractivity contribution in [3.8, 4) is 0 Å². The van der Waals surface area contributed by atoms with Crippen molar-refractivity contribution in [3.05, 3.63) is 29.8 Å². The third kappa shape index (κ3) is 10.6. The Labute approximate surface area is 371 Å². The number of nitrogens with zero attached hydrogens (tertiary/aromatic N) is 1. The standard InChI is InChI=1S/C41H56N10O12S/c1-4-18(2)31-37(61)50-41(9-10-41)40(63)47-26-17-64-38-22(21-7-5-6-8-23(21)46-38)12-24(33(57)43-14-30(56)48-31)44-36(60)32(19(3)28(54)16-52)49-35(59)27-11-20(53)15-51(27)39(62)25(13-29(42)55)45-34(26)58/h5-8,18-20,24-28,31-32,46,52-54H,4,9-17H2,1-3H3,(H2,42,55)(H,43,57)(H,44,60)(H,45,58)(H,47,63)(H,48,56)(H,49,59)(H,50,61)/t18-,19-,20+,24-,25-,26-,27-,28-,31-,32-/m0/s1. The molecule has 2 aromatic rings. The summed E-state index contributed by atoms with van der Waals surface area (Å²) in [6.07, 6.45) is -3.44. The van der Waals surface area contributed by atoms with Crippen molar-refractivity contribution in [3.63, 3.8) is 0 Å². The van der Waals surface area contributed by atoms with Crippen LogP contribution in [0.3, 0.4) is 0 Å². The first-order chi connectivity index (χ1) is 30.4. The highest BCUT2D eigenvalue weighted by molar-refractivity contribution is 7.99. The summed E-state index contributed by atoms with van der Waals surface area (Å²) in [5.74, 6) is -9.93. The second kappa shape index (κ2) is 19.9. The topological polar surface area (TPSA) is 344 Å². The molecule has 13 N–H and O–H groups in total. The molecule has 2 fully saturated rings. The normalized spacial score (nSPS) is 28.8. The maximum Gasteiger partial charge on any atom is 0.246 e. The van der Waals surface area contributed by atoms with Crippen molar-refractivity contribution in [1.29, 1.82) is 0 Å². The van der Waals surface area contributed by atoms with Gasteiger partial charge in [-0.15, -0.1) is 11.8 Å². The predicted molar refractivity (Wildman–Crippen MR) is 227 cm³/mol. The summed E-state index contributed by atoms with van der Waals surface area (Å²) in [6, 6.07) is -2.06. The predicted octanol–water partition coefficient (Wildman–Crippen LogP) is -4.11. The molecule has 1 aromatic carbocycles. The smallest absolute Gasteiger partial charge is 0.246 e. The van der Waals surface area contributed by atoms with Gasteiger partial charge in [0, 0.05) is 42.0 Å². The van der Waals surface area contributed by atoms with E-state index in [1.54, 1.807) is 38.1 Å². The number of carbonyl (C=O) groups excluding carboxylic acids is 9. The van der Waals surface area contributed by atoms with E-state index in [-0.39, 0.29) is 31.4 Å². The van der Waals surface area contributed by atoms with Gasteiger partial charge in [-0.2, -0.15) is 0 Å². The maximum atomic E-state index is 14.4. The van der Waals surface area contributed by atoms with Crippen LogP contribution in [-0.4, -0.2) is 158 Å². The third-order valence-corrected chi connectivity index (χ3v) is 13.5. The lowest BCUT2D eigenvalue weighted by Gasteiger charge is -2.33. The van der Waals surface area contributed by atoms with Crippen molar-refractivity contribution < 1.29 is 58.5 Å². The Morgan fingerprint density at radius 1 is 0.906 bits per heavy atom. The summed E-state index contributed by atoms with van der Waals surface area (Å²) in [6.45, 7) is 2.94. The number of thioether (sulfide) groups is 1. The van der Waals surface area contributed by atoms with Crippen LogP contribution in [0, 0.1) is 11.8 Å². The van der Waals surface area contributed by atoms with Gasteiger partial charge in [-0.25, -0.2) is 0 Å². The Morgan fingerprint density at radius 3 is 2.30 bits per heavy atom. The summed E-state index contributed by atoms with van der Waals surface area (Å²) in [7, 11) is 0. The molecule has 4 heterocycles. The molecule has 10 atom stereocenters. The molecule has 9 amide bonds. The van der Waals surface area contributed by atoms with Crippen LogP contribution in [0.15, 0.2) is 29.3 Å². The lowest BCUT2D eigenvalue weighted by Crippen LogP contribution is -2.63. The van der Waals surface area contributed by atoms with E-state index in [4.69, 9.17) is 5.73 Å². The molecule has 1 saturated carbocycles. The van der Waals surface area contributed by atoms with E-state index in [0.717, 1.165) is 16.7 Å². The second-order valence-electron chi connectivity index (χ2n) is 17.0. The zero-order chi connectivity index (χ0) is 46.6. The van der Waals surface area contributed by atoms with Crippen molar-refractivity contribution >= 4 is 75.8 Å². The Kier molecular flexibility index (Phi) is 14.9. The van der Waals surface area contributed by atoms with Gasteiger partial charge in [0.1, 0.15) is 41.8 Å². The molecule has 1 spiro atoms. The minimum absolute atomic E-state index is 0.185. The van der Waals surface area contributed by atoms with E-state index < -0.39 is 145 Å². The Hall–Kier alpha value is -5.78. The van der Waals surface area contributed by atoms with Crippen molar-refractivity contribution in [2.45, 2.75) is 118 Å². The first-order valence-corrected chi connectivity index (χ1v) is 22.2. The van der Waals surface area contributed by atoms with Crippen molar-refractivity contribution in [2.75, 3.05) is 25.4 Å². The Bertz CT molecular complexity index is 2180. The average Bonchev–Trinajstić information content (AvgIpc) is 3.81. The SMILES string of the molecule is CC[C@H](C)[C@@H]1NC(=O)CNC(=O)[C@@H]2Cc3c([nH]c4ccccc34)SC[C@H](NC(=O)C3(CC3)NC1=O)C(=O)N[C@@H](CC(N)=O)C(=O)N1C[C@H](O)C[C@H]1C(=O)N[C@@H]([C@@H](C)[C@@H](O)CO)C(=O)N2. The second-order valence-corrected chi connectivity index (χ2v) is 18.1. The molecule has 23 heteroatoms. The summed E-state index contributed by atoms with van der Waals surface area (Å²) in [5, 5.41) is 50.7. The van der Waals surface area contributed by atoms with Gasteiger partial charge < -0.3 is 68.2 Å². The van der Waals surface area contributed by atoms with Gasteiger partial charge in [0.2, 0.25) is 53.2 Å². The van der Waals surface area contributed by atoms with Gasteiger partial charge in [0.25, 0.3) is 0 Å². The zero-order valence-electron chi connectivity index (χ0n) is 35.6. The number of H-pyrrole nitrogens is 1. The molecular weight excluding hydrogens is 857 g/mol. The van der Waals surface area contributed by atoms with Crippen LogP contribution in [0.1, 0.15) is 58.4 Å². The molecule has 2 bridgehead atoms. The van der Waals surface area contributed by atoms with E-state index in [9.17, 15) is 58.5 Å². The van der Waals surface area contributed by atoms with Crippen LogP contribution >= 0.6 is 11.8 Å². The number of aliphatic hydroxyl groups excluding tert-OH is 3. The molecule has 22 nitrogen and oxygen atoms in total. The molecule has 4 aliphatic rings. The van der Waals surface area contributed by atoms with Crippen LogP contribution < -0.4 is 43.0 Å². The lowest BCUT2D eigenvalue weighted by molar-refractivity contribution is -0.144. The number of benzene rings is 1. The quantitative estimate of drug-likeness (QED) is 0.126. The van der Waals surface area contributed by atoms with Gasteiger partial charge in [-0.3, -0.25) is 43.2 Å². The fourth-order valence-corrected chi connectivity index (χ4v) is 9.26. The molecule has 64 heavy (non-hydrogen) atoms. The molecular formula is C41H56N10O12S. The van der Waals surface area contributed by atoms with Gasteiger partial charge in [0.05, 0.1) is 36.8 Å². The number of amides is 9. The van der Waals surface area contributed by atoms with E-state index >= 15 is 0 Å². The number of aromatic nitrogens is 1. The number of hydrogen-bond acceptors (Lipinski definition) is 13. The Morgan fingerprint density at radius 2 is 1.62 bits per heavy atom. The molecule has 6 rings (SSSR count). The number of nitrogens with one attached hydrogen (secondary N) is 8. The summed E-state index contributed by atoms with van der Waals surface area (Å²) < 4.78 is 0. The first kappa shape index (κ1) is 47.7. The molecule has 3 aliphatic heterocycles. The van der Waals surface area contributed by atoms with Crippen LogP contribution in [0.4, 0.5) is 0 Å². The number of nitrogens with two attached hydrogens (primary N) is 1. The molecule has 348 valence electrons. The summed E-state index contributed by atoms with van der Waals surface area (Å²) >= 11 is 1.05. The number of para-hydroxylation sites is 1. The number of fused-ring (bicyclic) bond motifs is 5. The minimum atomic E-state index is -1.72. The molecule has 1 aliphatic carbocycles. The minimum Gasteiger partial charge on any atom is -0.394 e. The van der Waals surface area contributed by atoms with Gasteiger partial charge in [-0.05, 0) is 30.4 Å². The van der Waals surface area contributed by atoms with E-state index in [2.05, 4.69) is 42.2 Å². The summed E-state index contributed by atoms with van der Waals surface area (Å²) in [5.41, 5.74) is 5.12. The third-order valence-electron chi connectivity index (χ3n) is 12.4. The highest BCUT2D eigenvalue weighted by Crippen LogP contribution is 2.37.